The highest BCUT2D eigenvalue weighted by atomic mass is 35.5. The van der Waals surface area contributed by atoms with Crippen molar-refractivity contribution in [2.24, 2.45) is 0 Å². The molecule has 0 bridgehead atoms. The maximum Gasteiger partial charge on any atom is 0.296 e. The minimum absolute atomic E-state index is 0.00411. The number of halogens is 2. The molecule has 3 heterocycles. The molecule has 0 aliphatic carbocycles. The van der Waals surface area contributed by atoms with Crippen LogP contribution in [0.3, 0.4) is 0 Å². The molecule has 4 rings (SSSR count). The average Bonchev–Trinajstić information content (AvgIpc) is 3.10. The number of carbonyl (C=O) groups excluding carboxylic acids is 2. The zero-order valence-corrected chi connectivity index (χ0v) is 17.8. The molecule has 156 valence electrons. The number of carbonyl (C=O) groups is 2. The van der Waals surface area contributed by atoms with E-state index in [0.29, 0.717) is 22.3 Å². The van der Waals surface area contributed by atoms with E-state index in [0.717, 1.165) is 23.5 Å². The van der Waals surface area contributed by atoms with Gasteiger partial charge in [0.25, 0.3) is 11.7 Å². The Hall–Kier alpha value is -3.42. The molecule has 9 heteroatoms. The van der Waals surface area contributed by atoms with Crippen LogP contribution in [0.25, 0.3) is 11.0 Å². The Morgan fingerprint density at radius 3 is 2.55 bits per heavy atom. The maximum atomic E-state index is 13.0. The number of hydrogen-bond donors (Lipinski definition) is 1. The zero-order valence-electron chi connectivity index (χ0n) is 16.3. The third-order valence-electron chi connectivity index (χ3n) is 4.88. The van der Waals surface area contributed by atoms with Gasteiger partial charge in [-0.15, -0.1) is 0 Å². The molecular formula is C22H16Cl2N4O3. The Morgan fingerprint density at radius 1 is 1.13 bits per heavy atom. The minimum Gasteiger partial charge on any atom is -0.619 e. The van der Waals surface area contributed by atoms with E-state index < -0.39 is 11.7 Å². The summed E-state index contributed by atoms with van der Waals surface area (Å²) in [5.74, 6) is -1.70. The molecule has 0 radical (unpaired) electrons. The van der Waals surface area contributed by atoms with Crippen molar-refractivity contribution in [1.82, 2.24) is 9.55 Å². The molecule has 4 aromatic rings. The van der Waals surface area contributed by atoms with Crippen molar-refractivity contribution in [2.75, 3.05) is 5.32 Å². The summed E-state index contributed by atoms with van der Waals surface area (Å²) < 4.78 is 2.24. The van der Waals surface area contributed by atoms with Crippen molar-refractivity contribution in [3.8, 4) is 0 Å². The summed E-state index contributed by atoms with van der Waals surface area (Å²) in [7, 11) is 0. The van der Waals surface area contributed by atoms with E-state index in [2.05, 4.69) is 10.3 Å². The van der Waals surface area contributed by atoms with Crippen molar-refractivity contribution in [3.63, 3.8) is 0 Å². The summed E-state index contributed by atoms with van der Waals surface area (Å²) in [5, 5.41) is 14.2. The fraction of sp³-hybridized carbons (Fsp3) is 0.0909. The van der Waals surface area contributed by atoms with Gasteiger partial charge in [0, 0.05) is 24.3 Å². The van der Waals surface area contributed by atoms with E-state index in [-0.39, 0.29) is 21.3 Å². The first kappa shape index (κ1) is 20.8. The topological polar surface area (TPSA) is 90.9 Å². The summed E-state index contributed by atoms with van der Waals surface area (Å²) >= 11 is 12.0. The van der Waals surface area contributed by atoms with Gasteiger partial charge in [-0.2, -0.15) is 4.73 Å². The number of rotatable bonds is 5. The van der Waals surface area contributed by atoms with Gasteiger partial charge in [-0.3, -0.25) is 9.59 Å². The first-order valence-electron chi connectivity index (χ1n) is 9.27. The molecule has 0 unspecified atom stereocenters. The Balaban J connectivity index is 1.69. The lowest BCUT2D eigenvalue weighted by atomic mass is 10.1. The molecular weight excluding hydrogens is 439 g/mol. The standard InChI is InChI=1S/C22H16Cl2N4O3/c1-13-5-2-3-6-14(13)9-27-10-16(15-7-4-8-25-21(15)27)20(29)22(30)26-19-17(23)11-28(31)12-18(19)24/h2-8,10-12H,9H2,1H3,(H,26,30). The van der Waals surface area contributed by atoms with Crippen LogP contribution in [0.15, 0.2) is 61.2 Å². The predicted octanol–water partition coefficient (Wildman–Crippen LogP) is 4.15. The van der Waals surface area contributed by atoms with Crippen LogP contribution >= 0.6 is 23.2 Å². The second kappa shape index (κ2) is 8.37. The molecule has 1 N–H and O–H groups in total. The van der Waals surface area contributed by atoms with Gasteiger partial charge in [0.15, 0.2) is 0 Å². The first-order valence-corrected chi connectivity index (χ1v) is 10.0. The number of aromatic nitrogens is 3. The van der Waals surface area contributed by atoms with Gasteiger partial charge in [0.05, 0.1) is 11.3 Å². The van der Waals surface area contributed by atoms with E-state index >= 15 is 0 Å². The smallest absolute Gasteiger partial charge is 0.296 e. The second-order valence-corrected chi connectivity index (χ2v) is 7.76. The van der Waals surface area contributed by atoms with Crippen molar-refractivity contribution in [2.45, 2.75) is 13.5 Å². The number of pyridine rings is 2. The first-order chi connectivity index (χ1) is 14.8. The van der Waals surface area contributed by atoms with Gasteiger partial charge in [-0.1, -0.05) is 47.5 Å². The number of aryl methyl sites for hydroxylation is 1. The highest BCUT2D eigenvalue weighted by Crippen LogP contribution is 2.29. The number of nitrogens with one attached hydrogen (secondary N) is 1. The van der Waals surface area contributed by atoms with E-state index in [9.17, 15) is 14.8 Å². The van der Waals surface area contributed by atoms with Gasteiger partial charge >= 0.3 is 0 Å². The lowest BCUT2D eigenvalue weighted by Gasteiger charge is -2.08. The average molecular weight is 455 g/mol. The molecule has 0 aliphatic heterocycles. The van der Waals surface area contributed by atoms with Crippen LogP contribution < -0.4 is 10.0 Å². The number of nitrogens with zero attached hydrogens (tertiary/aromatic N) is 3. The van der Waals surface area contributed by atoms with Crippen LogP contribution in [-0.4, -0.2) is 21.2 Å². The Morgan fingerprint density at radius 2 is 1.84 bits per heavy atom. The number of ketones is 1. The number of fused-ring (bicyclic) bond motifs is 1. The molecule has 0 fully saturated rings. The number of hydrogen-bond acceptors (Lipinski definition) is 4. The number of amides is 1. The maximum absolute atomic E-state index is 13.0. The van der Waals surface area contributed by atoms with Gasteiger partial charge < -0.3 is 15.1 Å². The largest absolute Gasteiger partial charge is 0.619 e. The fourth-order valence-electron chi connectivity index (χ4n) is 3.31. The van der Waals surface area contributed by atoms with Crippen molar-refractivity contribution >= 4 is 51.6 Å². The molecule has 0 aliphatic rings. The van der Waals surface area contributed by atoms with Crippen LogP contribution in [0.5, 0.6) is 0 Å². The van der Waals surface area contributed by atoms with Gasteiger partial charge in [0.1, 0.15) is 15.7 Å². The summed E-state index contributed by atoms with van der Waals surface area (Å²) in [6.07, 6.45) is 5.32. The van der Waals surface area contributed by atoms with Crippen LogP contribution in [0.2, 0.25) is 10.0 Å². The molecule has 0 atom stereocenters. The fourth-order valence-corrected chi connectivity index (χ4v) is 3.85. The monoisotopic (exact) mass is 454 g/mol. The number of Topliss-reactive ketones (excluding diaryl/α,β-unsaturated/α-hetero) is 1. The van der Waals surface area contributed by atoms with Crippen molar-refractivity contribution in [1.29, 1.82) is 0 Å². The lowest BCUT2D eigenvalue weighted by molar-refractivity contribution is -0.605. The Labute approximate surface area is 187 Å². The van der Waals surface area contributed by atoms with Gasteiger partial charge in [0.2, 0.25) is 12.4 Å². The molecule has 0 saturated heterocycles. The number of anilines is 1. The summed E-state index contributed by atoms with van der Waals surface area (Å²) in [6.45, 7) is 2.50. The summed E-state index contributed by atoms with van der Waals surface area (Å²) in [6, 6.07) is 11.3. The van der Waals surface area contributed by atoms with E-state index in [1.807, 2.05) is 35.8 Å². The van der Waals surface area contributed by atoms with Crippen LogP contribution in [0.1, 0.15) is 21.5 Å². The third kappa shape index (κ3) is 4.10. The molecule has 3 aromatic heterocycles. The van der Waals surface area contributed by atoms with Crippen LogP contribution in [0, 0.1) is 12.1 Å². The highest BCUT2D eigenvalue weighted by molar-refractivity contribution is 6.50. The minimum atomic E-state index is -0.925. The summed E-state index contributed by atoms with van der Waals surface area (Å²) in [5.41, 5.74) is 2.97. The molecule has 1 aromatic carbocycles. The third-order valence-corrected chi connectivity index (χ3v) is 5.46. The Kier molecular flexibility index (Phi) is 5.63. The SMILES string of the molecule is Cc1ccccc1Cn1cc(C(=O)C(=O)Nc2c(Cl)c[n+]([O-])cc2Cl)c2cccnc21. The molecule has 7 nitrogen and oxygen atoms in total. The van der Waals surface area contributed by atoms with E-state index in [4.69, 9.17) is 23.2 Å². The highest BCUT2D eigenvalue weighted by Gasteiger charge is 2.24. The van der Waals surface area contributed by atoms with Crippen LogP contribution in [0.4, 0.5) is 5.69 Å². The molecule has 0 saturated carbocycles. The van der Waals surface area contributed by atoms with E-state index in [1.165, 1.54) is 0 Å². The summed E-state index contributed by atoms with van der Waals surface area (Å²) in [4.78, 5) is 30.0. The van der Waals surface area contributed by atoms with Crippen LogP contribution in [-0.2, 0) is 11.3 Å². The quantitative estimate of drug-likeness (QED) is 0.212. The Bertz CT molecular complexity index is 1310. The normalized spacial score (nSPS) is 10.9. The molecule has 31 heavy (non-hydrogen) atoms. The second-order valence-electron chi connectivity index (χ2n) is 6.94. The number of benzene rings is 1. The predicted molar refractivity (Wildman–Crippen MR) is 118 cm³/mol. The zero-order chi connectivity index (χ0) is 22.1. The lowest BCUT2D eigenvalue weighted by Crippen LogP contribution is -2.27. The molecule has 0 spiro atoms. The van der Waals surface area contributed by atoms with Crippen molar-refractivity contribution in [3.05, 3.63) is 93.1 Å². The van der Waals surface area contributed by atoms with Gasteiger partial charge in [-0.25, -0.2) is 4.98 Å². The molecule has 1 amide bonds. The van der Waals surface area contributed by atoms with Gasteiger partial charge in [-0.05, 0) is 30.2 Å². The van der Waals surface area contributed by atoms with E-state index in [1.54, 1.807) is 24.5 Å². The van der Waals surface area contributed by atoms with Crippen molar-refractivity contribution < 1.29 is 14.3 Å².